The predicted octanol–water partition coefficient (Wildman–Crippen LogP) is 2.70. The molecule has 2 amide bonds. The molecule has 3 rings (SSSR count). The summed E-state index contributed by atoms with van der Waals surface area (Å²) in [5.41, 5.74) is 2.06. The average molecular weight is 370 g/mol. The summed E-state index contributed by atoms with van der Waals surface area (Å²) < 4.78 is 15.9. The molecule has 0 aliphatic carbocycles. The van der Waals surface area contributed by atoms with Gasteiger partial charge in [0.05, 0.1) is 21.3 Å². The molecule has 0 bridgehead atoms. The van der Waals surface area contributed by atoms with Crippen molar-refractivity contribution < 1.29 is 23.8 Å². The van der Waals surface area contributed by atoms with Gasteiger partial charge in [0.2, 0.25) is 11.7 Å². The fourth-order valence-electron chi connectivity index (χ4n) is 3.13. The summed E-state index contributed by atoms with van der Waals surface area (Å²) in [5, 5.41) is 2.82. The zero-order chi connectivity index (χ0) is 19.6. The molecule has 0 fully saturated rings. The van der Waals surface area contributed by atoms with E-state index in [-0.39, 0.29) is 11.8 Å². The largest absolute Gasteiger partial charge is 0.493 e. The molecular formula is C20H22N2O5. The molecule has 0 saturated carbocycles. The Morgan fingerprint density at radius 2 is 1.70 bits per heavy atom. The number of carbonyl (C=O) groups is 2. The lowest BCUT2D eigenvalue weighted by Gasteiger charge is -2.23. The van der Waals surface area contributed by atoms with Crippen LogP contribution in [-0.2, 0) is 11.3 Å². The number of ether oxygens (including phenoxy) is 3. The maximum Gasteiger partial charge on any atom is 0.255 e. The van der Waals surface area contributed by atoms with E-state index in [4.69, 9.17) is 14.2 Å². The molecule has 1 atom stereocenters. The molecule has 7 nitrogen and oxygen atoms in total. The normalized spacial score (nSPS) is 13.8. The second kappa shape index (κ2) is 7.57. The highest BCUT2D eigenvalue weighted by molar-refractivity contribution is 6.03. The number of nitrogens with zero attached hydrogens (tertiary/aromatic N) is 1. The van der Waals surface area contributed by atoms with E-state index in [1.807, 2.05) is 18.2 Å². The highest BCUT2D eigenvalue weighted by Gasteiger charge is 2.33. The van der Waals surface area contributed by atoms with Gasteiger partial charge in [-0.05, 0) is 18.6 Å². The van der Waals surface area contributed by atoms with Crippen molar-refractivity contribution >= 4 is 17.5 Å². The Morgan fingerprint density at radius 3 is 2.26 bits per heavy atom. The third-order valence-electron chi connectivity index (χ3n) is 4.63. The first-order valence-electron chi connectivity index (χ1n) is 8.50. The van der Waals surface area contributed by atoms with Gasteiger partial charge in [-0.15, -0.1) is 0 Å². The van der Waals surface area contributed by atoms with Crippen LogP contribution in [0, 0.1) is 0 Å². The maximum atomic E-state index is 12.7. The standard InChI is InChI=1S/C20H22N2O5/c1-12(22-11-13-7-5-6-8-15(13)20(22)24)19(23)21-14-9-16(25-2)18(27-4)17(10-14)26-3/h5-10,12H,11H2,1-4H3,(H,21,23)/t12-/m1/s1. The first-order chi connectivity index (χ1) is 13.0. The second-order valence-electron chi connectivity index (χ2n) is 6.17. The van der Waals surface area contributed by atoms with E-state index in [0.29, 0.717) is 35.0 Å². The topological polar surface area (TPSA) is 77.1 Å². The van der Waals surface area contributed by atoms with Crippen molar-refractivity contribution in [3.05, 3.63) is 47.5 Å². The molecular weight excluding hydrogens is 348 g/mol. The van der Waals surface area contributed by atoms with Crippen molar-refractivity contribution in [1.82, 2.24) is 4.90 Å². The van der Waals surface area contributed by atoms with Crippen molar-refractivity contribution in [2.45, 2.75) is 19.5 Å². The van der Waals surface area contributed by atoms with Crippen LogP contribution in [0.5, 0.6) is 17.2 Å². The highest BCUT2D eigenvalue weighted by Crippen LogP contribution is 2.40. The first-order valence-corrected chi connectivity index (χ1v) is 8.50. The Kier molecular flexibility index (Phi) is 5.21. The lowest BCUT2D eigenvalue weighted by Crippen LogP contribution is -2.42. The summed E-state index contributed by atoms with van der Waals surface area (Å²) in [6.45, 7) is 2.12. The van der Waals surface area contributed by atoms with Gasteiger partial charge in [-0.2, -0.15) is 0 Å². The number of fused-ring (bicyclic) bond motifs is 1. The Morgan fingerprint density at radius 1 is 1.07 bits per heavy atom. The SMILES string of the molecule is COc1cc(NC(=O)[C@@H](C)N2Cc3ccccc3C2=O)cc(OC)c1OC. The highest BCUT2D eigenvalue weighted by atomic mass is 16.5. The molecule has 2 aromatic carbocycles. The minimum absolute atomic E-state index is 0.141. The molecule has 1 N–H and O–H groups in total. The molecule has 0 unspecified atom stereocenters. The van der Waals surface area contributed by atoms with Crippen molar-refractivity contribution in [2.24, 2.45) is 0 Å². The lowest BCUT2D eigenvalue weighted by atomic mass is 10.1. The van der Waals surface area contributed by atoms with Gasteiger partial charge in [0.25, 0.3) is 5.91 Å². The molecule has 0 radical (unpaired) electrons. The third kappa shape index (κ3) is 3.40. The zero-order valence-corrected chi connectivity index (χ0v) is 15.7. The number of nitrogens with one attached hydrogen (secondary N) is 1. The fourth-order valence-corrected chi connectivity index (χ4v) is 3.13. The van der Waals surface area contributed by atoms with E-state index in [1.165, 1.54) is 21.3 Å². The van der Waals surface area contributed by atoms with Crippen molar-refractivity contribution in [2.75, 3.05) is 26.6 Å². The molecule has 142 valence electrons. The van der Waals surface area contributed by atoms with Crippen LogP contribution in [0.25, 0.3) is 0 Å². The predicted molar refractivity (Wildman–Crippen MR) is 101 cm³/mol. The van der Waals surface area contributed by atoms with Crippen LogP contribution in [0.2, 0.25) is 0 Å². The minimum atomic E-state index is -0.635. The number of hydrogen-bond acceptors (Lipinski definition) is 5. The number of amides is 2. The van der Waals surface area contributed by atoms with Crippen molar-refractivity contribution in [3.8, 4) is 17.2 Å². The summed E-state index contributed by atoms with van der Waals surface area (Å²) >= 11 is 0. The van der Waals surface area contributed by atoms with Crippen molar-refractivity contribution in [1.29, 1.82) is 0 Å². The smallest absolute Gasteiger partial charge is 0.255 e. The Bertz CT molecular complexity index is 855. The van der Waals surface area contributed by atoms with Gasteiger partial charge in [-0.25, -0.2) is 0 Å². The molecule has 1 aliphatic heterocycles. The number of carbonyl (C=O) groups excluding carboxylic acids is 2. The molecule has 2 aromatic rings. The molecule has 7 heteroatoms. The summed E-state index contributed by atoms with van der Waals surface area (Å²) in [5.74, 6) is 0.869. The van der Waals surface area contributed by atoms with E-state index in [1.54, 1.807) is 30.0 Å². The lowest BCUT2D eigenvalue weighted by molar-refractivity contribution is -0.120. The van der Waals surface area contributed by atoms with E-state index < -0.39 is 6.04 Å². The summed E-state index contributed by atoms with van der Waals surface area (Å²) in [6, 6.07) is 10.0. The number of rotatable bonds is 6. The van der Waals surface area contributed by atoms with Crippen LogP contribution in [0.4, 0.5) is 5.69 Å². The monoisotopic (exact) mass is 370 g/mol. The van der Waals surface area contributed by atoms with E-state index in [9.17, 15) is 9.59 Å². The Hall–Kier alpha value is -3.22. The van der Waals surface area contributed by atoms with Gasteiger partial charge in [0.1, 0.15) is 6.04 Å². The van der Waals surface area contributed by atoms with Crippen LogP contribution in [0.1, 0.15) is 22.8 Å². The Balaban J connectivity index is 1.79. The van der Waals surface area contributed by atoms with E-state index in [2.05, 4.69) is 5.32 Å². The van der Waals surface area contributed by atoms with Crippen LogP contribution in [0.3, 0.4) is 0 Å². The fraction of sp³-hybridized carbons (Fsp3) is 0.300. The van der Waals surface area contributed by atoms with Crippen LogP contribution in [-0.4, -0.2) is 44.1 Å². The van der Waals surface area contributed by atoms with Crippen LogP contribution < -0.4 is 19.5 Å². The van der Waals surface area contributed by atoms with Gasteiger partial charge in [-0.1, -0.05) is 18.2 Å². The quantitative estimate of drug-likeness (QED) is 0.846. The number of anilines is 1. The van der Waals surface area contributed by atoms with Gasteiger partial charge in [-0.3, -0.25) is 9.59 Å². The van der Waals surface area contributed by atoms with E-state index in [0.717, 1.165) is 5.56 Å². The van der Waals surface area contributed by atoms with E-state index >= 15 is 0 Å². The average Bonchev–Trinajstić information content (AvgIpc) is 3.03. The molecule has 0 saturated heterocycles. The first kappa shape index (κ1) is 18.6. The Labute approximate surface area is 157 Å². The van der Waals surface area contributed by atoms with Gasteiger partial charge >= 0.3 is 0 Å². The molecule has 1 heterocycles. The maximum absolute atomic E-state index is 12.7. The number of benzene rings is 2. The van der Waals surface area contributed by atoms with Gasteiger partial charge in [0, 0.05) is 29.9 Å². The molecule has 0 aromatic heterocycles. The second-order valence-corrected chi connectivity index (χ2v) is 6.17. The third-order valence-corrected chi connectivity index (χ3v) is 4.63. The molecule has 27 heavy (non-hydrogen) atoms. The summed E-state index contributed by atoms with van der Waals surface area (Å²) in [6.07, 6.45) is 0. The molecule has 0 spiro atoms. The van der Waals surface area contributed by atoms with Gasteiger partial charge in [0.15, 0.2) is 11.5 Å². The van der Waals surface area contributed by atoms with Crippen LogP contribution >= 0.6 is 0 Å². The zero-order valence-electron chi connectivity index (χ0n) is 15.7. The van der Waals surface area contributed by atoms with Crippen molar-refractivity contribution in [3.63, 3.8) is 0 Å². The summed E-state index contributed by atoms with van der Waals surface area (Å²) in [4.78, 5) is 26.9. The minimum Gasteiger partial charge on any atom is -0.493 e. The number of methoxy groups -OCH3 is 3. The van der Waals surface area contributed by atoms with Crippen LogP contribution in [0.15, 0.2) is 36.4 Å². The number of hydrogen-bond donors (Lipinski definition) is 1. The summed E-state index contributed by atoms with van der Waals surface area (Å²) in [7, 11) is 4.52. The van der Waals surface area contributed by atoms with Gasteiger partial charge < -0.3 is 24.4 Å². The molecule has 1 aliphatic rings.